The predicted octanol–water partition coefficient (Wildman–Crippen LogP) is 6.73. The molecule has 0 spiro atoms. The SMILES string of the molecule is CCCN(CCC)CCN(C)S(=O)(=O)c1cc(Br)c(OC(=O)C(=O)Oc2c(Br)cc(S(=O)(=O)N(C)CCN(CCC)CCC)cc2Br)c(Br)c1. The van der Waals surface area contributed by atoms with Gasteiger partial charge in [0.1, 0.15) is 0 Å². The molecular weight excluding hydrogens is 952 g/mol. The van der Waals surface area contributed by atoms with Crippen LogP contribution < -0.4 is 9.47 Å². The third-order valence-corrected chi connectivity index (χ3v) is 13.6. The molecule has 282 valence electrons. The number of hydrogen-bond donors (Lipinski definition) is 0. The van der Waals surface area contributed by atoms with Crippen molar-refractivity contribution in [2.45, 2.75) is 63.2 Å². The second kappa shape index (κ2) is 21.1. The molecule has 0 atom stereocenters. The average molecular weight is 998 g/mol. The Hall–Kier alpha value is -0.960. The van der Waals surface area contributed by atoms with E-state index in [0.29, 0.717) is 13.1 Å². The Morgan fingerprint density at radius 3 is 1.02 bits per heavy atom. The largest absolute Gasteiger partial charge is 0.423 e. The van der Waals surface area contributed by atoms with E-state index in [1.807, 2.05) is 0 Å². The lowest BCUT2D eigenvalue weighted by Gasteiger charge is -2.25. The predicted molar refractivity (Wildman–Crippen MR) is 209 cm³/mol. The molecule has 2 rings (SSSR count). The number of ether oxygens (including phenoxy) is 2. The van der Waals surface area contributed by atoms with Gasteiger partial charge >= 0.3 is 11.9 Å². The molecule has 0 amide bonds. The number of sulfonamides is 2. The van der Waals surface area contributed by atoms with Gasteiger partial charge < -0.3 is 19.3 Å². The van der Waals surface area contributed by atoms with E-state index in [1.54, 1.807) is 0 Å². The van der Waals surface area contributed by atoms with E-state index >= 15 is 0 Å². The van der Waals surface area contributed by atoms with E-state index in [-0.39, 0.29) is 52.3 Å². The summed E-state index contributed by atoms with van der Waals surface area (Å²) in [4.78, 5) is 30.0. The summed E-state index contributed by atoms with van der Waals surface area (Å²) in [7, 11) is -4.79. The summed E-state index contributed by atoms with van der Waals surface area (Å²) in [5.41, 5.74) is 0. The Morgan fingerprint density at radius 1 is 0.520 bits per heavy atom. The summed E-state index contributed by atoms with van der Waals surface area (Å²) in [6.07, 6.45) is 3.85. The fourth-order valence-electron chi connectivity index (χ4n) is 4.94. The molecule has 0 N–H and O–H groups in total. The van der Waals surface area contributed by atoms with Gasteiger partial charge in [-0.2, -0.15) is 8.61 Å². The number of carbonyl (C=O) groups is 2. The van der Waals surface area contributed by atoms with Crippen molar-refractivity contribution in [1.29, 1.82) is 0 Å². The van der Waals surface area contributed by atoms with Crippen LogP contribution in [0.15, 0.2) is 51.9 Å². The fraction of sp³-hybridized carbons (Fsp3) is 0.562. The average Bonchev–Trinajstić information content (AvgIpc) is 3.05. The van der Waals surface area contributed by atoms with E-state index in [9.17, 15) is 26.4 Å². The first kappa shape index (κ1) is 45.2. The van der Waals surface area contributed by atoms with Gasteiger partial charge in [-0.1, -0.05) is 27.7 Å². The number of hydrogen-bond acceptors (Lipinski definition) is 10. The monoisotopic (exact) mass is 994 g/mol. The number of benzene rings is 2. The molecule has 2 aromatic rings. The maximum absolute atomic E-state index is 13.3. The van der Waals surface area contributed by atoms with E-state index in [2.05, 4.69) is 101 Å². The fourth-order valence-corrected chi connectivity index (χ4v) is 10.7. The highest BCUT2D eigenvalue weighted by Gasteiger charge is 2.29. The van der Waals surface area contributed by atoms with Crippen molar-refractivity contribution in [3.63, 3.8) is 0 Å². The van der Waals surface area contributed by atoms with Gasteiger partial charge in [0.05, 0.1) is 27.7 Å². The van der Waals surface area contributed by atoms with E-state index in [0.717, 1.165) is 51.9 Å². The van der Waals surface area contributed by atoms with Gasteiger partial charge in [0.25, 0.3) is 0 Å². The molecule has 0 aliphatic rings. The quantitative estimate of drug-likeness (QED) is 0.0799. The van der Waals surface area contributed by atoms with Crippen LogP contribution in [0.2, 0.25) is 0 Å². The molecule has 18 heteroatoms. The van der Waals surface area contributed by atoms with Gasteiger partial charge in [-0.3, -0.25) is 0 Å². The number of nitrogens with zero attached hydrogens (tertiary/aromatic N) is 4. The smallest absolute Gasteiger partial charge is 0.416 e. The zero-order valence-corrected chi connectivity index (χ0v) is 37.2. The molecule has 0 unspecified atom stereocenters. The summed E-state index contributed by atoms with van der Waals surface area (Å²) in [5, 5.41) is 0. The highest BCUT2D eigenvalue weighted by Crippen LogP contribution is 2.39. The maximum atomic E-state index is 13.3. The van der Waals surface area contributed by atoms with Gasteiger partial charge in [-0.05, 0) is 140 Å². The number of carbonyl (C=O) groups excluding carboxylic acids is 2. The topological polar surface area (TPSA) is 134 Å². The van der Waals surface area contributed by atoms with Crippen LogP contribution in [-0.4, -0.2) is 114 Å². The Labute approximate surface area is 330 Å². The van der Waals surface area contributed by atoms with Crippen molar-refractivity contribution < 1.29 is 35.9 Å². The number of likely N-dealkylation sites (N-methyl/N-ethyl adjacent to an activating group) is 2. The lowest BCUT2D eigenvalue weighted by molar-refractivity contribution is -0.156. The van der Waals surface area contributed by atoms with Gasteiger partial charge in [-0.25, -0.2) is 26.4 Å². The number of halogens is 4. The Kier molecular flexibility index (Phi) is 19.0. The molecule has 0 aromatic heterocycles. The molecule has 0 radical (unpaired) electrons. The standard InChI is InChI=1S/C32H46Br4N4O8S2/c1-7-11-39(12-8-2)17-15-37(5)49(43,44)23-19-25(33)29(26(34)20-23)47-31(41)32(42)48-30-27(35)21-24(22-28(30)36)50(45,46)38(6)16-18-40(13-9-3)14-10-4/h19-22H,7-18H2,1-6H3. The van der Waals surface area contributed by atoms with Crippen LogP contribution in [0.1, 0.15) is 53.4 Å². The number of rotatable bonds is 20. The minimum atomic E-state index is -3.90. The maximum Gasteiger partial charge on any atom is 0.423 e. The molecule has 0 aliphatic carbocycles. The minimum absolute atomic E-state index is 0.0496. The molecule has 0 saturated carbocycles. The first-order valence-corrected chi connectivity index (χ1v) is 22.3. The summed E-state index contributed by atoms with van der Waals surface area (Å²) in [6.45, 7) is 13.5. The third kappa shape index (κ3) is 12.6. The van der Waals surface area contributed by atoms with Gasteiger partial charge in [-0.15, -0.1) is 0 Å². The van der Waals surface area contributed by atoms with E-state index in [1.165, 1.54) is 47.0 Å². The van der Waals surface area contributed by atoms with Crippen molar-refractivity contribution in [2.75, 3.05) is 66.5 Å². The van der Waals surface area contributed by atoms with Gasteiger partial charge in [0.2, 0.25) is 20.0 Å². The summed E-state index contributed by atoms with van der Waals surface area (Å²) >= 11 is 13.0. The summed E-state index contributed by atoms with van der Waals surface area (Å²) in [6, 6.07) is 5.15. The van der Waals surface area contributed by atoms with Crippen LogP contribution in [0.4, 0.5) is 0 Å². The van der Waals surface area contributed by atoms with E-state index < -0.39 is 32.0 Å². The highest BCUT2D eigenvalue weighted by molar-refractivity contribution is 9.11. The van der Waals surface area contributed by atoms with Crippen LogP contribution >= 0.6 is 63.7 Å². The van der Waals surface area contributed by atoms with Gasteiger partial charge in [0.15, 0.2) is 11.5 Å². The van der Waals surface area contributed by atoms with Crippen molar-refractivity contribution in [3.8, 4) is 11.5 Å². The lowest BCUT2D eigenvalue weighted by Crippen LogP contribution is -2.37. The Bertz CT molecular complexity index is 1520. The van der Waals surface area contributed by atoms with Crippen LogP contribution in [0.5, 0.6) is 11.5 Å². The number of esters is 2. The Balaban J connectivity index is 2.17. The molecule has 0 saturated heterocycles. The second-order valence-electron chi connectivity index (χ2n) is 11.5. The van der Waals surface area contributed by atoms with Crippen LogP contribution in [0.25, 0.3) is 0 Å². The zero-order chi connectivity index (χ0) is 37.8. The molecule has 12 nitrogen and oxygen atoms in total. The molecule has 0 aliphatic heterocycles. The third-order valence-electron chi connectivity index (χ3n) is 7.54. The first-order chi connectivity index (χ1) is 23.4. The van der Waals surface area contributed by atoms with E-state index in [4.69, 9.17) is 9.47 Å². The van der Waals surface area contributed by atoms with Crippen LogP contribution in [0, 0.1) is 0 Å². The molecule has 50 heavy (non-hydrogen) atoms. The lowest BCUT2D eigenvalue weighted by atomic mass is 10.3. The van der Waals surface area contributed by atoms with Crippen LogP contribution in [0.3, 0.4) is 0 Å². The normalized spacial score (nSPS) is 12.4. The van der Waals surface area contributed by atoms with Crippen molar-refractivity contribution >= 4 is 95.7 Å². The highest BCUT2D eigenvalue weighted by atomic mass is 79.9. The summed E-state index contributed by atoms with van der Waals surface area (Å²) in [5.74, 6) is -3.07. The Morgan fingerprint density at radius 2 is 0.780 bits per heavy atom. The van der Waals surface area contributed by atoms with Crippen LogP contribution in [-0.2, 0) is 29.6 Å². The van der Waals surface area contributed by atoms with Crippen molar-refractivity contribution in [3.05, 3.63) is 42.2 Å². The molecule has 0 heterocycles. The molecule has 0 bridgehead atoms. The zero-order valence-electron chi connectivity index (χ0n) is 29.2. The second-order valence-corrected chi connectivity index (χ2v) is 19.1. The molecular formula is C32H46Br4N4O8S2. The van der Waals surface area contributed by atoms with Gasteiger partial charge in [0, 0.05) is 40.3 Å². The van der Waals surface area contributed by atoms with Crippen molar-refractivity contribution in [2.24, 2.45) is 0 Å². The summed E-state index contributed by atoms with van der Waals surface area (Å²) < 4.78 is 66.9. The minimum Gasteiger partial charge on any atom is -0.416 e. The molecule has 2 aromatic carbocycles. The van der Waals surface area contributed by atoms with Crippen molar-refractivity contribution in [1.82, 2.24) is 18.4 Å². The first-order valence-electron chi connectivity index (χ1n) is 16.2. The molecule has 0 fully saturated rings.